The zero-order valence-corrected chi connectivity index (χ0v) is 10.0. The molecule has 0 aliphatic carbocycles. The molecule has 1 aliphatic heterocycles. The van der Waals surface area contributed by atoms with Gasteiger partial charge in [0.05, 0.1) is 10.6 Å². The lowest BCUT2D eigenvalue weighted by Crippen LogP contribution is -2.18. The lowest BCUT2D eigenvalue weighted by atomic mass is 10.2. The van der Waals surface area contributed by atoms with Crippen LogP contribution in [0.15, 0.2) is 0 Å². The quantitative estimate of drug-likeness (QED) is 0.739. The summed E-state index contributed by atoms with van der Waals surface area (Å²) in [6.45, 7) is 6.46. The lowest BCUT2D eigenvalue weighted by Gasteiger charge is -2.13. The van der Waals surface area contributed by atoms with Crippen molar-refractivity contribution in [1.29, 1.82) is 0 Å². The van der Waals surface area contributed by atoms with E-state index in [1.807, 2.05) is 6.92 Å². The predicted octanol–water partition coefficient (Wildman–Crippen LogP) is 2.36. The van der Waals surface area contributed by atoms with Gasteiger partial charge in [-0.25, -0.2) is 4.98 Å². The van der Waals surface area contributed by atoms with Crippen LogP contribution in [0.3, 0.4) is 0 Å². The molecule has 2 rings (SSSR count). The minimum absolute atomic E-state index is 0.749. The molecule has 82 valence electrons. The molecule has 1 aromatic rings. The summed E-state index contributed by atoms with van der Waals surface area (Å²) < 4.78 is 0. The number of hydrogen-bond donors (Lipinski definition) is 0. The molecule has 1 saturated heterocycles. The highest BCUT2D eigenvalue weighted by molar-refractivity contribution is 7.17. The first-order chi connectivity index (χ1) is 7.24. The average molecular weight is 224 g/mol. The van der Waals surface area contributed by atoms with Gasteiger partial charge in [-0.2, -0.15) is 0 Å². The number of aromatic nitrogens is 1. The van der Waals surface area contributed by atoms with Crippen molar-refractivity contribution in [2.75, 3.05) is 18.0 Å². The molecule has 1 aliphatic rings. The molecule has 0 saturated carbocycles. The number of carbonyl (C=O) groups excluding carboxylic acids is 1. The van der Waals surface area contributed by atoms with E-state index in [0.29, 0.717) is 0 Å². The number of thiazole rings is 1. The molecule has 0 bridgehead atoms. The van der Waals surface area contributed by atoms with E-state index >= 15 is 0 Å². The van der Waals surface area contributed by atoms with Crippen molar-refractivity contribution >= 4 is 22.8 Å². The molecule has 2 heterocycles. The van der Waals surface area contributed by atoms with Gasteiger partial charge in [0.25, 0.3) is 0 Å². The molecule has 0 N–H and O–H groups in total. The molecular weight excluding hydrogens is 208 g/mol. The van der Waals surface area contributed by atoms with Crippen LogP contribution >= 0.6 is 11.3 Å². The van der Waals surface area contributed by atoms with E-state index < -0.39 is 0 Å². The number of hydrogen-bond acceptors (Lipinski definition) is 4. The lowest BCUT2D eigenvalue weighted by molar-refractivity contribution is 0.112. The molecule has 3 nitrogen and oxygen atoms in total. The highest BCUT2D eigenvalue weighted by atomic mass is 32.1. The summed E-state index contributed by atoms with van der Waals surface area (Å²) >= 11 is 1.53. The molecule has 0 spiro atoms. The van der Waals surface area contributed by atoms with E-state index in [0.717, 1.165) is 47.4 Å². The maximum atomic E-state index is 10.8. The zero-order valence-electron chi connectivity index (χ0n) is 9.19. The molecule has 0 radical (unpaired) electrons. The average Bonchev–Trinajstić information content (AvgIpc) is 2.82. The molecule has 1 fully saturated rings. The first-order valence-electron chi connectivity index (χ1n) is 5.44. The van der Waals surface area contributed by atoms with E-state index in [2.05, 4.69) is 16.8 Å². The van der Waals surface area contributed by atoms with E-state index in [4.69, 9.17) is 0 Å². The van der Waals surface area contributed by atoms with Crippen molar-refractivity contribution in [2.45, 2.75) is 26.7 Å². The summed E-state index contributed by atoms with van der Waals surface area (Å²) in [5, 5.41) is 1.03. The summed E-state index contributed by atoms with van der Waals surface area (Å²) in [4.78, 5) is 18.5. The monoisotopic (exact) mass is 224 g/mol. The SMILES string of the molecule is CCc1nc(N2CCC(C)C2)sc1C=O. The van der Waals surface area contributed by atoms with Crippen LogP contribution in [0.1, 0.15) is 35.6 Å². The maximum Gasteiger partial charge on any atom is 0.186 e. The normalized spacial score (nSPS) is 20.9. The van der Waals surface area contributed by atoms with E-state index in [9.17, 15) is 4.79 Å². The Balaban J connectivity index is 2.21. The van der Waals surface area contributed by atoms with E-state index in [1.165, 1.54) is 17.8 Å². The molecule has 0 amide bonds. The van der Waals surface area contributed by atoms with Gasteiger partial charge in [0.1, 0.15) is 0 Å². The first kappa shape index (κ1) is 10.6. The third-order valence-corrected chi connectivity index (χ3v) is 3.94. The Morgan fingerprint density at radius 2 is 2.47 bits per heavy atom. The fourth-order valence-corrected chi connectivity index (χ4v) is 2.94. The molecular formula is C11H16N2OS. The Bertz CT molecular complexity index is 361. The van der Waals surface area contributed by atoms with Crippen LogP contribution in [-0.4, -0.2) is 24.4 Å². The van der Waals surface area contributed by atoms with Gasteiger partial charge in [-0.05, 0) is 18.8 Å². The fraction of sp³-hybridized carbons (Fsp3) is 0.636. The van der Waals surface area contributed by atoms with E-state index in [1.54, 1.807) is 0 Å². The molecule has 1 atom stereocenters. The molecule has 1 unspecified atom stereocenters. The third-order valence-electron chi connectivity index (χ3n) is 2.85. The van der Waals surface area contributed by atoms with Gasteiger partial charge >= 0.3 is 0 Å². The van der Waals surface area contributed by atoms with Crippen molar-refractivity contribution in [1.82, 2.24) is 4.98 Å². The first-order valence-corrected chi connectivity index (χ1v) is 6.26. The van der Waals surface area contributed by atoms with Gasteiger partial charge in [0.2, 0.25) is 0 Å². The van der Waals surface area contributed by atoms with Gasteiger partial charge in [-0.15, -0.1) is 0 Å². The molecule has 0 aromatic carbocycles. The number of anilines is 1. The summed E-state index contributed by atoms with van der Waals surface area (Å²) in [6, 6.07) is 0. The largest absolute Gasteiger partial charge is 0.348 e. The van der Waals surface area contributed by atoms with Crippen LogP contribution in [0.2, 0.25) is 0 Å². The number of aldehydes is 1. The van der Waals surface area contributed by atoms with Crippen LogP contribution < -0.4 is 4.90 Å². The predicted molar refractivity (Wildman–Crippen MR) is 62.9 cm³/mol. The second kappa shape index (κ2) is 4.31. The van der Waals surface area contributed by atoms with Crippen LogP contribution in [0, 0.1) is 5.92 Å². The molecule has 4 heteroatoms. The minimum atomic E-state index is 0.749. The zero-order chi connectivity index (χ0) is 10.8. The standard InChI is InChI=1S/C11H16N2OS/c1-3-9-10(7-14)15-11(12-9)13-5-4-8(2)6-13/h7-8H,3-6H2,1-2H3. The Kier molecular flexibility index (Phi) is 3.05. The highest BCUT2D eigenvalue weighted by Gasteiger charge is 2.22. The second-order valence-electron chi connectivity index (χ2n) is 4.12. The smallest absolute Gasteiger partial charge is 0.186 e. The second-order valence-corrected chi connectivity index (χ2v) is 5.13. The Morgan fingerprint density at radius 1 is 1.67 bits per heavy atom. The van der Waals surface area contributed by atoms with Crippen LogP contribution in [0.5, 0.6) is 0 Å². The van der Waals surface area contributed by atoms with Gasteiger partial charge in [0, 0.05) is 13.1 Å². The van der Waals surface area contributed by atoms with Gasteiger partial charge < -0.3 is 4.90 Å². The van der Waals surface area contributed by atoms with Crippen molar-refractivity contribution < 1.29 is 4.79 Å². The van der Waals surface area contributed by atoms with Gasteiger partial charge in [-0.3, -0.25) is 4.79 Å². The number of nitrogens with zero attached hydrogens (tertiary/aromatic N) is 2. The van der Waals surface area contributed by atoms with Crippen molar-refractivity contribution in [2.24, 2.45) is 5.92 Å². The molecule has 1 aromatic heterocycles. The highest BCUT2D eigenvalue weighted by Crippen LogP contribution is 2.29. The van der Waals surface area contributed by atoms with Crippen LogP contribution in [-0.2, 0) is 6.42 Å². The van der Waals surface area contributed by atoms with Gasteiger partial charge in [-0.1, -0.05) is 25.2 Å². The fourth-order valence-electron chi connectivity index (χ4n) is 1.94. The minimum Gasteiger partial charge on any atom is -0.348 e. The summed E-state index contributed by atoms with van der Waals surface area (Å²) in [7, 11) is 0. The Hall–Kier alpha value is -0.900. The van der Waals surface area contributed by atoms with Crippen molar-refractivity contribution in [3.8, 4) is 0 Å². The van der Waals surface area contributed by atoms with Crippen molar-refractivity contribution in [3.05, 3.63) is 10.6 Å². The summed E-state index contributed by atoms with van der Waals surface area (Å²) in [5.41, 5.74) is 0.949. The number of carbonyl (C=O) groups is 1. The maximum absolute atomic E-state index is 10.8. The Morgan fingerprint density at radius 3 is 2.93 bits per heavy atom. The van der Waals surface area contributed by atoms with E-state index in [-0.39, 0.29) is 0 Å². The third kappa shape index (κ3) is 2.04. The van der Waals surface area contributed by atoms with Gasteiger partial charge in [0.15, 0.2) is 11.4 Å². The van der Waals surface area contributed by atoms with Crippen LogP contribution in [0.25, 0.3) is 0 Å². The summed E-state index contributed by atoms with van der Waals surface area (Å²) in [6.07, 6.45) is 3.00. The topological polar surface area (TPSA) is 33.2 Å². The van der Waals surface area contributed by atoms with Crippen molar-refractivity contribution in [3.63, 3.8) is 0 Å². The Labute approximate surface area is 94.1 Å². The van der Waals surface area contributed by atoms with Crippen LogP contribution in [0.4, 0.5) is 5.13 Å². The number of aryl methyl sites for hydroxylation is 1. The summed E-state index contributed by atoms with van der Waals surface area (Å²) in [5.74, 6) is 0.749. The molecule has 15 heavy (non-hydrogen) atoms. The number of rotatable bonds is 3.